The molecule has 3 aromatic rings. The molecular weight excluding hydrogens is 411 g/mol. The van der Waals surface area contributed by atoms with Crippen molar-refractivity contribution in [3.05, 3.63) is 52.5 Å². The Morgan fingerprint density at radius 2 is 2.17 bits per heavy atom. The van der Waals surface area contributed by atoms with Crippen LogP contribution in [0.2, 0.25) is 5.02 Å². The van der Waals surface area contributed by atoms with Gasteiger partial charge in [0.25, 0.3) is 0 Å². The Morgan fingerprint density at radius 1 is 1.40 bits per heavy atom. The van der Waals surface area contributed by atoms with Gasteiger partial charge in [0.2, 0.25) is 11.8 Å². The summed E-state index contributed by atoms with van der Waals surface area (Å²) in [6.07, 6.45) is 1.71. The van der Waals surface area contributed by atoms with Crippen molar-refractivity contribution in [1.29, 1.82) is 5.26 Å². The Balaban J connectivity index is 1.60. The highest BCUT2D eigenvalue weighted by atomic mass is 35.5. The van der Waals surface area contributed by atoms with Crippen LogP contribution < -0.4 is 5.32 Å². The van der Waals surface area contributed by atoms with Crippen molar-refractivity contribution in [3.8, 4) is 17.3 Å². The van der Waals surface area contributed by atoms with Crippen molar-refractivity contribution < 1.29 is 13.7 Å². The summed E-state index contributed by atoms with van der Waals surface area (Å²) in [5, 5.41) is 20.0. The Hall–Kier alpha value is -3.25. The second kappa shape index (κ2) is 9.05. The fourth-order valence-electron chi connectivity index (χ4n) is 2.81. The fourth-order valence-corrected chi connectivity index (χ4v) is 3.06. The van der Waals surface area contributed by atoms with Gasteiger partial charge >= 0.3 is 0 Å². The lowest BCUT2D eigenvalue weighted by atomic mass is 10.1. The minimum atomic E-state index is -0.697. The van der Waals surface area contributed by atoms with Gasteiger partial charge in [0, 0.05) is 23.7 Å². The summed E-state index contributed by atoms with van der Waals surface area (Å²) in [5.41, 5.74) is 0.771. The zero-order valence-electron chi connectivity index (χ0n) is 16.7. The maximum Gasteiger partial charge on any atom is 0.236 e. The van der Waals surface area contributed by atoms with Crippen LogP contribution >= 0.6 is 11.6 Å². The molecule has 0 spiro atoms. The summed E-state index contributed by atoms with van der Waals surface area (Å²) in [4.78, 5) is 16.4. The largest absolute Gasteiger partial charge is 0.351 e. The van der Waals surface area contributed by atoms with Crippen LogP contribution in [-0.4, -0.2) is 31.9 Å². The van der Waals surface area contributed by atoms with Crippen molar-refractivity contribution in [2.45, 2.75) is 45.7 Å². The van der Waals surface area contributed by atoms with Crippen molar-refractivity contribution in [2.75, 3.05) is 0 Å². The molecule has 0 aliphatic heterocycles. The average Bonchev–Trinajstić information content (AvgIpc) is 3.31. The standard InChI is InChI=1S/C20H20ClFN6O2/c1-11(2)20-25-19(30-27-20)8-18(29)24-12(3)10-28-5-4-17(26-28)13-6-15(21)14(9-23)16(22)7-13/h4-7,11-12H,8,10H2,1-3H3,(H,24,29)/t12-/m0/s1. The number of hydrogen-bond donors (Lipinski definition) is 1. The summed E-state index contributed by atoms with van der Waals surface area (Å²) >= 11 is 5.96. The first-order chi connectivity index (χ1) is 14.3. The molecule has 0 saturated heterocycles. The smallest absolute Gasteiger partial charge is 0.236 e. The van der Waals surface area contributed by atoms with Gasteiger partial charge in [-0.3, -0.25) is 9.48 Å². The van der Waals surface area contributed by atoms with Crippen LogP contribution in [-0.2, 0) is 17.8 Å². The van der Waals surface area contributed by atoms with Crippen LogP contribution in [0.25, 0.3) is 11.3 Å². The van der Waals surface area contributed by atoms with Crippen molar-refractivity contribution in [2.24, 2.45) is 0 Å². The third-order valence-electron chi connectivity index (χ3n) is 4.27. The molecule has 1 amide bonds. The molecule has 156 valence electrons. The van der Waals surface area contributed by atoms with Crippen LogP contribution in [0.5, 0.6) is 0 Å². The molecule has 1 N–H and O–H groups in total. The third-order valence-corrected chi connectivity index (χ3v) is 4.57. The van der Waals surface area contributed by atoms with Crippen molar-refractivity contribution in [3.63, 3.8) is 0 Å². The number of aromatic nitrogens is 4. The lowest BCUT2D eigenvalue weighted by Gasteiger charge is -2.13. The molecule has 10 heteroatoms. The van der Waals surface area contributed by atoms with Crippen LogP contribution in [0.15, 0.2) is 28.9 Å². The number of benzene rings is 1. The van der Waals surface area contributed by atoms with Gasteiger partial charge in [-0.05, 0) is 25.1 Å². The number of halogens is 2. The molecule has 2 aromatic heterocycles. The number of nitrogens with zero attached hydrogens (tertiary/aromatic N) is 5. The lowest BCUT2D eigenvalue weighted by Crippen LogP contribution is -2.36. The van der Waals surface area contributed by atoms with E-state index in [0.717, 1.165) is 0 Å². The predicted octanol–water partition coefficient (Wildman–Crippen LogP) is 3.47. The van der Waals surface area contributed by atoms with E-state index in [1.807, 2.05) is 20.8 Å². The first kappa shape index (κ1) is 21.5. The summed E-state index contributed by atoms with van der Waals surface area (Å²) in [7, 11) is 0. The highest BCUT2D eigenvalue weighted by Crippen LogP contribution is 2.26. The van der Waals surface area contributed by atoms with E-state index in [4.69, 9.17) is 21.4 Å². The molecule has 8 nitrogen and oxygen atoms in total. The second-order valence-corrected chi connectivity index (χ2v) is 7.60. The average molecular weight is 431 g/mol. The van der Waals surface area contributed by atoms with Crippen LogP contribution in [0.4, 0.5) is 4.39 Å². The molecule has 0 bridgehead atoms. The van der Waals surface area contributed by atoms with E-state index in [-0.39, 0.29) is 40.8 Å². The molecule has 30 heavy (non-hydrogen) atoms. The number of carbonyl (C=O) groups is 1. The van der Waals surface area contributed by atoms with Gasteiger partial charge in [0.1, 0.15) is 23.9 Å². The van der Waals surface area contributed by atoms with Gasteiger partial charge < -0.3 is 9.84 Å². The molecule has 3 rings (SSSR count). The maximum absolute atomic E-state index is 14.0. The fraction of sp³-hybridized carbons (Fsp3) is 0.350. The first-order valence-corrected chi connectivity index (χ1v) is 9.69. The third kappa shape index (κ3) is 5.02. The van der Waals surface area contributed by atoms with Gasteiger partial charge in [0.05, 0.1) is 17.3 Å². The van der Waals surface area contributed by atoms with E-state index in [0.29, 0.717) is 23.6 Å². The van der Waals surface area contributed by atoms with Gasteiger partial charge in [-0.15, -0.1) is 0 Å². The molecule has 0 unspecified atom stereocenters. The first-order valence-electron chi connectivity index (χ1n) is 9.31. The predicted molar refractivity (Wildman–Crippen MR) is 107 cm³/mol. The number of nitriles is 1. The molecule has 0 aliphatic rings. The van der Waals surface area contributed by atoms with E-state index in [9.17, 15) is 9.18 Å². The Kier molecular flexibility index (Phi) is 6.47. The summed E-state index contributed by atoms with van der Waals surface area (Å²) in [6.45, 7) is 6.12. The number of carbonyl (C=O) groups excluding carboxylic acids is 1. The lowest BCUT2D eigenvalue weighted by molar-refractivity contribution is -0.121. The van der Waals surface area contributed by atoms with Crippen LogP contribution in [0.3, 0.4) is 0 Å². The molecule has 0 aliphatic carbocycles. The van der Waals surface area contributed by atoms with E-state index >= 15 is 0 Å². The number of nitrogens with one attached hydrogen (secondary N) is 1. The molecular formula is C20H20ClFN6O2. The van der Waals surface area contributed by atoms with Crippen LogP contribution in [0.1, 0.15) is 44.0 Å². The summed E-state index contributed by atoms with van der Waals surface area (Å²) < 4.78 is 20.7. The van der Waals surface area contributed by atoms with Crippen LogP contribution in [0, 0.1) is 17.1 Å². The van der Waals surface area contributed by atoms with Crippen molar-refractivity contribution in [1.82, 2.24) is 25.2 Å². The molecule has 0 saturated carbocycles. The minimum Gasteiger partial charge on any atom is -0.351 e. The maximum atomic E-state index is 14.0. The minimum absolute atomic E-state index is 0.00255. The monoisotopic (exact) mass is 430 g/mol. The molecule has 1 atom stereocenters. The zero-order valence-corrected chi connectivity index (χ0v) is 17.4. The molecule has 0 radical (unpaired) electrons. The second-order valence-electron chi connectivity index (χ2n) is 7.20. The van der Waals surface area contributed by atoms with Gasteiger partial charge in [-0.25, -0.2) is 4.39 Å². The van der Waals surface area contributed by atoms with Crippen molar-refractivity contribution >= 4 is 17.5 Å². The van der Waals surface area contributed by atoms with Gasteiger partial charge in [-0.1, -0.05) is 30.6 Å². The zero-order chi connectivity index (χ0) is 21.8. The van der Waals surface area contributed by atoms with E-state index < -0.39 is 5.82 Å². The highest BCUT2D eigenvalue weighted by Gasteiger charge is 2.16. The quantitative estimate of drug-likeness (QED) is 0.614. The molecule has 2 heterocycles. The Labute approximate surface area is 177 Å². The van der Waals surface area contributed by atoms with E-state index in [1.165, 1.54) is 12.1 Å². The number of amides is 1. The summed E-state index contributed by atoms with van der Waals surface area (Å²) in [6, 6.07) is 5.93. The molecule has 0 fully saturated rings. The Morgan fingerprint density at radius 3 is 2.80 bits per heavy atom. The van der Waals surface area contributed by atoms with E-state index in [2.05, 4.69) is 20.6 Å². The van der Waals surface area contributed by atoms with Gasteiger partial charge in [0.15, 0.2) is 5.82 Å². The molecule has 1 aromatic carbocycles. The Bertz CT molecular complexity index is 1080. The topological polar surface area (TPSA) is 110 Å². The normalized spacial score (nSPS) is 12.0. The van der Waals surface area contributed by atoms with Gasteiger partial charge in [-0.2, -0.15) is 15.3 Å². The van der Waals surface area contributed by atoms with E-state index in [1.54, 1.807) is 23.0 Å². The number of rotatable bonds is 7. The highest BCUT2D eigenvalue weighted by molar-refractivity contribution is 6.32. The summed E-state index contributed by atoms with van der Waals surface area (Å²) in [5.74, 6) is 0.0170. The number of hydrogen-bond acceptors (Lipinski definition) is 6. The SMILES string of the molecule is CC(C)c1noc(CC(=O)N[C@@H](C)Cn2ccc(-c3cc(F)c(C#N)c(Cl)c3)n2)n1.